The molecule has 0 saturated carbocycles. The van der Waals surface area contributed by atoms with E-state index < -0.39 is 33.7 Å². The van der Waals surface area contributed by atoms with Gasteiger partial charge in [0.25, 0.3) is 5.91 Å². The second-order valence-electron chi connectivity index (χ2n) is 4.85. The van der Waals surface area contributed by atoms with Crippen LogP contribution in [0.2, 0.25) is 0 Å². The molecule has 1 unspecified atom stereocenters. The van der Waals surface area contributed by atoms with Crippen LogP contribution in [0.4, 0.5) is 14.5 Å². The van der Waals surface area contributed by atoms with Crippen molar-refractivity contribution < 1.29 is 18.5 Å². The van der Waals surface area contributed by atoms with Gasteiger partial charge in [-0.2, -0.15) is 4.39 Å². The molecule has 1 fully saturated rings. The van der Waals surface area contributed by atoms with Crippen LogP contribution in [0.15, 0.2) is 12.1 Å². The molecular weight excluding hydrogens is 284 g/mol. The van der Waals surface area contributed by atoms with Gasteiger partial charge in [-0.15, -0.1) is 0 Å². The van der Waals surface area contributed by atoms with Crippen LogP contribution >= 0.6 is 0 Å². The SMILES string of the molecule is O=C(NCCC1CCCN1)c1c(F)ccc([N+](=O)[O-])c1F. The molecule has 1 heterocycles. The number of benzene rings is 1. The molecule has 2 rings (SSSR count). The summed E-state index contributed by atoms with van der Waals surface area (Å²) in [5.74, 6) is -3.54. The average molecular weight is 299 g/mol. The highest BCUT2D eigenvalue weighted by atomic mass is 19.1. The molecule has 8 heteroatoms. The molecule has 21 heavy (non-hydrogen) atoms. The predicted octanol–water partition coefficient (Wildman–Crippen LogP) is 1.74. The van der Waals surface area contributed by atoms with E-state index in [9.17, 15) is 23.7 Å². The highest BCUT2D eigenvalue weighted by molar-refractivity contribution is 5.95. The highest BCUT2D eigenvalue weighted by Crippen LogP contribution is 2.23. The number of halogens is 2. The van der Waals surface area contributed by atoms with Gasteiger partial charge in [0, 0.05) is 18.7 Å². The minimum Gasteiger partial charge on any atom is -0.352 e. The zero-order valence-electron chi connectivity index (χ0n) is 11.2. The Bertz CT molecular complexity index is 560. The second-order valence-corrected chi connectivity index (χ2v) is 4.85. The number of hydrogen-bond acceptors (Lipinski definition) is 4. The van der Waals surface area contributed by atoms with Crippen LogP contribution in [0.5, 0.6) is 0 Å². The maximum Gasteiger partial charge on any atom is 0.305 e. The Kier molecular flexibility index (Phi) is 4.79. The lowest BCUT2D eigenvalue weighted by molar-refractivity contribution is -0.387. The number of nitrogens with one attached hydrogen (secondary N) is 2. The van der Waals surface area contributed by atoms with Crippen molar-refractivity contribution in [2.24, 2.45) is 0 Å². The number of carbonyl (C=O) groups excluding carboxylic acids is 1. The van der Waals surface area contributed by atoms with Gasteiger partial charge in [-0.3, -0.25) is 14.9 Å². The van der Waals surface area contributed by atoms with Crippen molar-refractivity contribution in [1.82, 2.24) is 10.6 Å². The van der Waals surface area contributed by atoms with Crippen LogP contribution in [-0.4, -0.2) is 30.0 Å². The lowest BCUT2D eigenvalue weighted by atomic mass is 10.1. The number of amides is 1. The van der Waals surface area contributed by atoms with Crippen molar-refractivity contribution in [2.45, 2.75) is 25.3 Å². The lowest BCUT2D eigenvalue weighted by Crippen LogP contribution is -2.31. The van der Waals surface area contributed by atoms with Gasteiger partial charge in [0.05, 0.1) is 4.92 Å². The molecule has 114 valence electrons. The number of rotatable bonds is 5. The zero-order chi connectivity index (χ0) is 15.4. The standard InChI is InChI=1S/C13H15F2N3O3/c14-9-3-4-10(18(20)21)12(15)11(9)13(19)17-7-5-8-2-1-6-16-8/h3-4,8,16H,1-2,5-7H2,(H,17,19). The highest BCUT2D eigenvalue weighted by Gasteiger charge is 2.26. The van der Waals surface area contributed by atoms with E-state index in [-0.39, 0.29) is 12.6 Å². The molecule has 1 amide bonds. The van der Waals surface area contributed by atoms with E-state index in [1.165, 1.54) is 0 Å². The van der Waals surface area contributed by atoms with Gasteiger partial charge in [-0.1, -0.05) is 0 Å². The Hall–Kier alpha value is -2.09. The first kappa shape index (κ1) is 15.3. The fraction of sp³-hybridized carbons (Fsp3) is 0.462. The van der Waals surface area contributed by atoms with Gasteiger partial charge in [0.2, 0.25) is 5.82 Å². The summed E-state index contributed by atoms with van der Waals surface area (Å²) in [6.07, 6.45) is 2.70. The summed E-state index contributed by atoms with van der Waals surface area (Å²) in [7, 11) is 0. The quantitative estimate of drug-likeness (QED) is 0.641. The molecule has 0 aliphatic carbocycles. The normalized spacial score (nSPS) is 17.7. The van der Waals surface area contributed by atoms with Crippen molar-refractivity contribution in [3.05, 3.63) is 39.4 Å². The van der Waals surface area contributed by atoms with Gasteiger partial charge in [0.1, 0.15) is 11.4 Å². The number of nitrogens with zero attached hydrogens (tertiary/aromatic N) is 1. The first-order valence-corrected chi connectivity index (χ1v) is 6.64. The average Bonchev–Trinajstić information content (AvgIpc) is 2.91. The summed E-state index contributed by atoms with van der Waals surface area (Å²) in [6, 6.07) is 1.70. The largest absolute Gasteiger partial charge is 0.352 e. The van der Waals surface area contributed by atoms with Crippen LogP contribution in [0.25, 0.3) is 0 Å². The number of carbonyl (C=O) groups is 1. The van der Waals surface area contributed by atoms with Crippen molar-refractivity contribution >= 4 is 11.6 Å². The summed E-state index contributed by atoms with van der Waals surface area (Å²) in [5, 5.41) is 16.2. The van der Waals surface area contributed by atoms with Crippen molar-refractivity contribution in [3.8, 4) is 0 Å². The summed E-state index contributed by atoms with van der Waals surface area (Å²) in [6.45, 7) is 1.17. The molecule has 1 aromatic carbocycles. The lowest BCUT2D eigenvalue weighted by Gasteiger charge is -2.11. The van der Waals surface area contributed by atoms with E-state index in [0.717, 1.165) is 19.4 Å². The Morgan fingerprint density at radius 2 is 2.24 bits per heavy atom. The molecule has 1 atom stereocenters. The van der Waals surface area contributed by atoms with Crippen LogP contribution in [0.3, 0.4) is 0 Å². The zero-order valence-corrected chi connectivity index (χ0v) is 11.2. The third-order valence-electron chi connectivity index (χ3n) is 3.44. The molecule has 1 aromatic rings. The molecule has 0 radical (unpaired) electrons. The van der Waals surface area contributed by atoms with Gasteiger partial charge in [-0.05, 0) is 31.9 Å². The molecular formula is C13H15F2N3O3. The summed E-state index contributed by atoms with van der Waals surface area (Å²) in [5.41, 5.74) is -1.83. The molecule has 6 nitrogen and oxygen atoms in total. The second kappa shape index (κ2) is 6.57. The van der Waals surface area contributed by atoms with Crippen LogP contribution in [0.1, 0.15) is 29.6 Å². The van der Waals surface area contributed by atoms with Gasteiger partial charge < -0.3 is 10.6 Å². The number of nitro groups is 1. The third-order valence-corrected chi connectivity index (χ3v) is 3.44. The maximum absolute atomic E-state index is 13.8. The van der Waals surface area contributed by atoms with Gasteiger partial charge in [-0.25, -0.2) is 4.39 Å². The number of nitro benzene ring substituents is 1. The summed E-state index contributed by atoms with van der Waals surface area (Å²) in [4.78, 5) is 21.4. The Balaban J connectivity index is 2.04. The van der Waals surface area contributed by atoms with Crippen molar-refractivity contribution in [3.63, 3.8) is 0 Å². The van der Waals surface area contributed by atoms with Crippen LogP contribution < -0.4 is 10.6 Å². The topological polar surface area (TPSA) is 84.3 Å². The predicted molar refractivity (Wildman–Crippen MR) is 71.0 cm³/mol. The van der Waals surface area contributed by atoms with Gasteiger partial charge in [0.15, 0.2) is 0 Å². The first-order valence-electron chi connectivity index (χ1n) is 6.64. The minimum atomic E-state index is -1.45. The van der Waals surface area contributed by atoms with Gasteiger partial charge >= 0.3 is 5.69 Å². The van der Waals surface area contributed by atoms with Crippen LogP contribution in [-0.2, 0) is 0 Å². The number of hydrogen-bond donors (Lipinski definition) is 2. The molecule has 1 aliphatic heterocycles. The Morgan fingerprint density at radius 3 is 2.86 bits per heavy atom. The van der Waals surface area contributed by atoms with E-state index in [1.807, 2.05) is 0 Å². The minimum absolute atomic E-state index is 0.248. The fourth-order valence-electron chi connectivity index (χ4n) is 2.34. The third kappa shape index (κ3) is 3.52. The van der Waals surface area contributed by atoms with Crippen molar-refractivity contribution in [2.75, 3.05) is 13.1 Å². The smallest absolute Gasteiger partial charge is 0.305 e. The molecule has 1 saturated heterocycles. The summed E-state index contributed by atoms with van der Waals surface area (Å²) < 4.78 is 27.3. The molecule has 0 bridgehead atoms. The fourth-order valence-corrected chi connectivity index (χ4v) is 2.34. The monoisotopic (exact) mass is 299 g/mol. The molecule has 1 aliphatic rings. The van der Waals surface area contributed by atoms with E-state index >= 15 is 0 Å². The molecule has 0 aromatic heterocycles. The van der Waals surface area contributed by atoms with Crippen LogP contribution in [0, 0.1) is 21.7 Å². The maximum atomic E-state index is 13.8. The Labute approximate surface area is 119 Å². The van der Waals surface area contributed by atoms with Crippen molar-refractivity contribution in [1.29, 1.82) is 0 Å². The first-order chi connectivity index (χ1) is 10.0. The molecule has 0 spiro atoms. The van der Waals surface area contributed by atoms with E-state index in [0.29, 0.717) is 18.6 Å². The summed E-state index contributed by atoms with van der Waals surface area (Å²) >= 11 is 0. The molecule has 2 N–H and O–H groups in total. The van der Waals surface area contributed by atoms with E-state index in [1.54, 1.807) is 0 Å². The van der Waals surface area contributed by atoms with E-state index in [2.05, 4.69) is 10.6 Å². The van der Waals surface area contributed by atoms with E-state index in [4.69, 9.17) is 0 Å². The Morgan fingerprint density at radius 1 is 1.48 bits per heavy atom.